The van der Waals surface area contributed by atoms with Crippen molar-refractivity contribution in [2.75, 3.05) is 14.2 Å². The Morgan fingerprint density at radius 1 is 1.00 bits per heavy atom. The van der Waals surface area contributed by atoms with Gasteiger partial charge in [0.15, 0.2) is 5.78 Å². The lowest BCUT2D eigenvalue weighted by Gasteiger charge is -2.11. The Morgan fingerprint density at radius 3 is 2.06 bits per heavy atom. The minimum Gasteiger partial charge on any atom is -0.400 e. The molecule has 5 heteroatoms. The molecule has 0 fully saturated rings. The van der Waals surface area contributed by atoms with Crippen molar-refractivity contribution < 1.29 is 14.7 Å². The highest BCUT2D eigenvalue weighted by molar-refractivity contribution is 5.99. The first kappa shape index (κ1) is 26.4. The van der Waals surface area contributed by atoms with E-state index in [1.807, 2.05) is 37.3 Å². The average Bonchev–Trinajstić information content (AvgIpc) is 2.88. The quantitative estimate of drug-likeness (QED) is 0.434. The standard InChI is InChI=1S/C28H28N2O2.CH4O/c1-5-7-26-24(6-2)25(19(3)31)18-27(30-26)23-15-13-22(14-16-23)21-11-8-20(9-12-21)10-17-28(32)29-4;1-2/h5-9,11-16,18H,2,10,17H2,1,3-4H3,(H,29,32);2H,1H3/b7-5-;. The maximum Gasteiger partial charge on any atom is 0.220 e. The number of aryl methyl sites for hydroxylation is 1. The predicted molar refractivity (Wildman–Crippen MR) is 140 cm³/mol. The summed E-state index contributed by atoms with van der Waals surface area (Å²) in [6.45, 7) is 7.34. The van der Waals surface area contributed by atoms with Gasteiger partial charge in [-0.15, -0.1) is 0 Å². The number of nitrogens with zero attached hydrogens (tertiary/aromatic N) is 1. The Balaban J connectivity index is 0.00000199. The van der Waals surface area contributed by atoms with Gasteiger partial charge in [0.25, 0.3) is 0 Å². The molecule has 0 spiro atoms. The molecule has 34 heavy (non-hydrogen) atoms. The molecule has 0 bridgehead atoms. The molecule has 3 rings (SSSR count). The zero-order valence-electron chi connectivity index (χ0n) is 20.3. The first-order chi connectivity index (χ1) is 16.5. The molecule has 0 aliphatic heterocycles. The molecule has 176 valence electrons. The molecule has 0 aliphatic carbocycles. The normalized spacial score (nSPS) is 10.4. The van der Waals surface area contributed by atoms with Crippen molar-refractivity contribution in [2.45, 2.75) is 26.7 Å². The van der Waals surface area contributed by atoms with Gasteiger partial charge in [0, 0.05) is 37.3 Å². The highest BCUT2D eigenvalue weighted by atomic mass is 16.2. The van der Waals surface area contributed by atoms with E-state index in [1.165, 1.54) is 0 Å². The van der Waals surface area contributed by atoms with Gasteiger partial charge >= 0.3 is 0 Å². The first-order valence-corrected chi connectivity index (χ1v) is 11.1. The smallest absolute Gasteiger partial charge is 0.220 e. The highest BCUT2D eigenvalue weighted by Gasteiger charge is 2.13. The van der Waals surface area contributed by atoms with Crippen molar-refractivity contribution in [3.63, 3.8) is 0 Å². The SMILES string of the molecule is C=Cc1c(C(C)=O)cc(-c2ccc(-c3ccc(CCC(=O)NC)cc3)cc2)nc1/C=C\C.CO. The molecule has 0 radical (unpaired) electrons. The van der Waals surface area contributed by atoms with E-state index in [1.54, 1.807) is 20.0 Å². The third kappa shape index (κ3) is 6.59. The van der Waals surface area contributed by atoms with E-state index in [2.05, 4.69) is 48.3 Å². The van der Waals surface area contributed by atoms with E-state index >= 15 is 0 Å². The second kappa shape index (κ2) is 13.0. The number of amides is 1. The van der Waals surface area contributed by atoms with Gasteiger partial charge in [-0.25, -0.2) is 4.98 Å². The van der Waals surface area contributed by atoms with Crippen LogP contribution in [0.1, 0.15) is 47.4 Å². The third-order valence-corrected chi connectivity index (χ3v) is 5.38. The summed E-state index contributed by atoms with van der Waals surface area (Å²) in [6, 6.07) is 18.3. The van der Waals surface area contributed by atoms with Gasteiger partial charge in [-0.3, -0.25) is 9.59 Å². The third-order valence-electron chi connectivity index (χ3n) is 5.38. The molecule has 0 atom stereocenters. The lowest BCUT2D eigenvalue weighted by molar-refractivity contribution is -0.120. The zero-order chi connectivity index (χ0) is 25.1. The van der Waals surface area contributed by atoms with Crippen LogP contribution in [0.25, 0.3) is 34.5 Å². The van der Waals surface area contributed by atoms with Crippen molar-refractivity contribution in [3.8, 4) is 22.4 Å². The number of aliphatic hydroxyl groups excluding tert-OH is 1. The number of hydrogen-bond acceptors (Lipinski definition) is 4. The lowest BCUT2D eigenvalue weighted by atomic mass is 9.97. The molecule has 2 N–H and O–H groups in total. The fourth-order valence-electron chi connectivity index (χ4n) is 3.59. The van der Waals surface area contributed by atoms with Crippen molar-refractivity contribution in [1.29, 1.82) is 0 Å². The minimum atomic E-state index is -0.0116. The van der Waals surface area contributed by atoms with Crippen LogP contribution in [0.4, 0.5) is 0 Å². The van der Waals surface area contributed by atoms with E-state index in [-0.39, 0.29) is 11.7 Å². The van der Waals surface area contributed by atoms with E-state index in [0.717, 1.165) is 52.7 Å². The Kier molecular flexibility index (Phi) is 10.1. The van der Waals surface area contributed by atoms with Crippen LogP contribution in [-0.4, -0.2) is 35.9 Å². The van der Waals surface area contributed by atoms with Crippen LogP contribution in [0.2, 0.25) is 0 Å². The maximum absolute atomic E-state index is 12.2. The van der Waals surface area contributed by atoms with Crippen molar-refractivity contribution >= 4 is 23.8 Å². The number of allylic oxidation sites excluding steroid dienone is 1. The number of nitrogens with one attached hydrogen (secondary N) is 1. The zero-order valence-corrected chi connectivity index (χ0v) is 20.3. The largest absolute Gasteiger partial charge is 0.400 e. The highest BCUT2D eigenvalue weighted by Crippen LogP contribution is 2.28. The molecular weight excluding hydrogens is 424 g/mol. The number of aliphatic hydroxyl groups is 1. The fourth-order valence-corrected chi connectivity index (χ4v) is 3.59. The molecule has 0 saturated carbocycles. The number of carbonyl (C=O) groups is 2. The molecule has 5 nitrogen and oxygen atoms in total. The van der Waals surface area contributed by atoms with Crippen LogP contribution in [0.15, 0.2) is 67.3 Å². The summed E-state index contributed by atoms with van der Waals surface area (Å²) in [5, 5.41) is 9.65. The van der Waals surface area contributed by atoms with Crippen molar-refractivity contribution in [2.24, 2.45) is 0 Å². The lowest BCUT2D eigenvalue weighted by Crippen LogP contribution is -2.17. The van der Waals surface area contributed by atoms with Gasteiger partial charge in [-0.1, -0.05) is 67.3 Å². The minimum absolute atomic E-state index is 0.0116. The number of Topliss-reactive ketones (excluding diaryl/α,β-unsaturated/α-hetero) is 1. The summed E-state index contributed by atoms with van der Waals surface area (Å²) in [6.07, 6.45) is 6.69. The van der Waals surface area contributed by atoms with E-state index in [9.17, 15) is 9.59 Å². The predicted octanol–water partition coefficient (Wildman–Crippen LogP) is 5.58. The number of carbonyl (C=O) groups excluding carboxylic acids is 2. The van der Waals surface area contributed by atoms with E-state index < -0.39 is 0 Å². The summed E-state index contributed by atoms with van der Waals surface area (Å²) >= 11 is 0. The van der Waals surface area contributed by atoms with Gasteiger partial charge in [-0.2, -0.15) is 0 Å². The molecule has 0 aliphatic rings. The van der Waals surface area contributed by atoms with Gasteiger partial charge in [0.2, 0.25) is 5.91 Å². The van der Waals surface area contributed by atoms with Crippen LogP contribution >= 0.6 is 0 Å². The first-order valence-electron chi connectivity index (χ1n) is 11.1. The Morgan fingerprint density at radius 2 is 1.56 bits per heavy atom. The Bertz CT molecular complexity index is 1160. The molecule has 1 heterocycles. The number of hydrogen-bond donors (Lipinski definition) is 2. The number of ketones is 1. The van der Waals surface area contributed by atoms with Crippen LogP contribution in [0, 0.1) is 0 Å². The number of rotatable bonds is 8. The Hall–Kier alpha value is -3.83. The van der Waals surface area contributed by atoms with Crippen molar-refractivity contribution in [3.05, 3.63) is 89.6 Å². The van der Waals surface area contributed by atoms with Crippen molar-refractivity contribution in [1.82, 2.24) is 10.3 Å². The van der Waals surface area contributed by atoms with Crippen LogP contribution < -0.4 is 5.32 Å². The van der Waals surface area contributed by atoms with Gasteiger partial charge < -0.3 is 10.4 Å². The van der Waals surface area contributed by atoms with Gasteiger partial charge in [0.1, 0.15) is 0 Å². The molecular formula is C29H32N2O3. The summed E-state index contributed by atoms with van der Waals surface area (Å²) in [4.78, 5) is 28.4. The second-order valence-corrected chi connectivity index (χ2v) is 7.56. The molecule has 1 aromatic heterocycles. The maximum atomic E-state index is 12.2. The molecule has 0 saturated heterocycles. The van der Waals surface area contributed by atoms with Crippen LogP contribution in [0.5, 0.6) is 0 Å². The fraction of sp³-hybridized carbons (Fsp3) is 0.207. The molecule has 0 unspecified atom stereocenters. The number of aromatic nitrogens is 1. The van der Waals surface area contributed by atoms with Gasteiger partial charge in [0.05, 0.1) is 11.4 Å². The number of pyridine rings is 1. The summed E-state index contributed by atoms with van der Waals surface area (Å²) in [5.41, 5.74) is 7.14. The van der Waals surface area contributed by atoms with E-state index in [0.29, 0.717) is 12.0 Å². The molecule has 1 amide bonds. The average molecular weight is 457 g/mol. The van der Waals surface area contributed by atoms with Crippen LogP contribution in [-0.2, 0) is 11.2 Å². The topological polar surface area (TPSA) is 79.3 Å². The Labute approximate surface area is 201 Å². The molecule has 2 aromatic carbocycles. The monoisotopic (exact) mass is 456 g/mol. The molecule has 3 aromatic rings. The number of benzene rings is 2. The summed E-state index contributed by atoms with van der Waals surface area (Å²) in [5.74, 6) is 0.0346. The van der Waals surface area contributed by atoms with Crippen LogP contribution in [0.3, 0.4) is 0 Å². The second-order valence-electron chi connectivity index (χ2n) is 7.56. The van der Waals surface area contributed by atoms with E-state index in [4.69, 9.17) is 10.1 Å². The summed E-state index contributed by atoms with van der Waals surface area (Å²) < 4.78 is 0. The van der Waals surface area contributed by atoms with Gasteiger partial charge in [-0.05, 0) is 49.1 Å². The summed E-state index contributed by atoms with van der Waals surface area (Å²) in [7, 11) is 2.65.